The maximum absolute atomic E-state index is 12.5. The topological polar surface area (TPSA) is 56.1 Å². The minimum Gasteiger partial charge on any atom is -0.494 e. The molecule has 3 rings (SSSR count). The van der Waals surface area contributed by atoms with Crippen molar-refractivity contribution in [2.75, 3.05) is 11.9 Å². The second kappa shape index (κ2) is 8.06. The van der Waals surface area contributed by atoms with Crippen molar-refractivity contribution in [3.8, 4) is 17.0 Å². The number of aromatic nitrogens is 2. The van der Waals surface area contributed by atoms with Crippen LogP contribution in [0.25, 0.3) is 11.3 Å². The standard InChI is InChI=1S/C20H20ClN3O2/c1-3-12-26-17-10-6-15(7-11-17)20(25)22-19-13-18(23-24(19)2)14-4-8-16(21)9-5-14/h4-11,13H,3,12H2,1-2H3,(H,22,25). The summed E-state index contributed by atoms with van der Waals surface area (Å²) in [5, 5.41) is 8.00. The van der Waals surface area contributed by atoms with E-state index in [1.54, 1.807) is 36.0 Å². The monoisotopic (exact) mass is 369 g/mol. The molecule has 0 atom stereocenters. The number of halogens is 1. The Bertz CT molecular complexity index is 886. The van der Waals surface area contributed by atoms with Crippen molar-refractivity contribution in [1.29, 1.82) is 0 Å². The Kier molecular flexibility index (Phi) is 5.58. The first-order valence-corrected chi connectivity index (χ1v) is 8.79. The van der Waals surface area contributed by atoms with E-state index in [2.05, 4.69) is 10.4 Å². The Morgan fingerprint density at radius 1 is 1.15 bits per heavy atom. The Hall–Kier alpha value is -2.79. The van der Waals surface area contributed by atoms with Crippen molar-refractivity contribution < 1.29 is 9.53 Å². The van der Waals surface area contributed by atoms with Crippen LogP contribution in [-0.2, 0) is 7.05 Å². The number of hydrogen-bond donors (Lipinski definition) is 1. The molecule has 1 amide bonds. The lowest BCUT2D eigenvalue weighted by Gasteiger charge is -2.07. The van der Waals surface area contributed by atoms with Crippen molar-refractivity contribution in [3.05, 3.63) is 65.2 Å². The predicted molar refractivity (Wildman–Crippen MR) is 104 cm³/mol. The van der Waals surface area contributed by atoms with Gasteiger partial charge in [0.2, 0.25) is 0 Å². The lowest BCUT2D eigenvalue weighted by molar-refractivity contribution is 0.102. The zero-order valence-electron chi connectivity index (χ0n) is 14.7. The number of carbonyl (C=O) groups excluding carboxylic acids is 1. The van der Waals surface area contributed by atoms with E-state index in [-0.39, 0.29) is 5.91 Å². The number of ether oxygens (including phenoxy) is 1. The molecule has 0 aliphatic carbocycles. The van der Waals surface area contributed by atoms with E-state index in [9.17, 15) is 4.79 Å². The zero-order valence-corrected chi connectivity index (χ0v) is 15.5. The molecule has 0 spiro atoms. The highest BCUT2D eigenvalue weighted by Gasteiger charge is 2.12. The van der Waals surface area contributed by atoms with Gasteiger partial charge in [-0.3, -0.25) is 9.48 Å². The molecule has 3 aromatic rings. The van der Waals surface area contributed by atoms with Crippen LogP contribution >= 0.6 is 11.6 Å². The van der Waals surface area contributed by atoms with E-state index in [0.29, 0.717) is 23.0 Å². The first-order valence-electron chi connectivity index (χ1n) is 8.41. The van der Waals surface area contributed by atoms with Crippen molar-refractivity contribution in [1.82, 2.24) is 9.78 Å². The van der Waals surface area contributed by atoms with E-state index in [1.165, 1.54) is 0 Å². The van der Waals surface area contributed by atoms with Crippen LogP contribution in [0.1, 0.15) is 23.7 Å². The Balaban J connectivity index is 1.72. The maximum Gasteiger partial charge on any atom is 0.256 e. The second-order valence-corrected chi connectivity index (χ2v) is 6.31. The summed E-state index contributed by atoms with van der Waals surface area (Å²) >= 11 is 5.92. The summed E-state index contributed by atoms with van der Waals surface area (Å²) in [6.45, 7) is 2.71. The van der Waals surface area contributed by atoms with E-state index < -0.39 is 0 Å². The molecule has 1 aromatic heterocycles. The summed E-state index contributed by atoms with van der Waals surface area (Å²) in [4.78, 5) is 12.5. The Morgan fingerprint density at radius 3 is 2.50 bits per heavy atom. The average molecular weight is 370 g/mol. The number of anilines is 1. The first kappa shape index (κ1) is 18.0. The van der Waals surface area contributed by atoms with Crippen LogP contribution < -0.4 is 10.1 Å². The Labute approximate surface area is 157 Å². The smallest absolute Gasteiger partial charge is 0.256 e. The molecule has 2 aromatic carbocycles. The fourth-order valence-corrected chi connectivity index (χ4v) is 2.58. The van der Waals surface area contributed by atoms with Crippen LogP contribution in [0.2, 0.25) is 5.02 Å². The van der Waals surface area contributed by atoms with Crippen LogP contribution in [0.15, 0.2) is 54.6 Å². The lowest BCUT2D eigenvalue weighted by Crippen LogP contribution is -2.14. The van der Waals surface area contributed by atoms with E-state index in [4.69, 9.17) is 16.3 Å². The number of rotatable bonds is 6. The van der Waals surface area contributed by atoms with Gasteiger partial charge in [-0.15, -0.1) is 0 Å². The minimum atomic E-state index is -0.197. The molecule has 0 fully saturated rings. The van der Waals surface area contributed by atoms with Gasteiger partial charge in [-0.2, -0.15) is 5.10 Å². The average Bonchev–Trinajstić information content (AvgIpc) is 3.01. The molecule has 0 bridgehead atoms. The quantitative estimate of drug-likeness (QED) is 0.680. The van der Waals surface area contributed by atoms with Crippen molar-refractivity contribution >= 4 is 23.3 Å². The van der Waals surface area contributed by atoms with Gasteiger partial charge in [0, 0.05) is 29.3 Å². The highest BCUT2D eigenvalue weighted by atomic mass is 35.5. The van der Waals surface area contributed by atoms with Gasteiger partial charge in [0.25, 0.3) is 5.91 Å². The summed E-state index contributed by atoms with van der Waals surface area (Å²) in [5.41, 5.74) is 2.26. The molecule has 0 aliphatic heterocycles. The maximum atomic E-state index is 12.5. The second-order valence-electron chi connectivity index (χ2n) is 5.87. The van der Waals surface area contributed by atoms with E-state index in [0.717, 1.165) is 23.4 Å². The third-order valence-electron chi connectivity index (χ3n) is 3.85. The molecule has 26 heavy (non-hydrogen) atoms. The summed E-state index contributed by atoms with van der Waals surface area (Å²) in [6.07, 6.45) is 0.943. The van der Waals surface area contributed by atoms with Gasteiger partial charge in [-0.25, -0.2) is 0 Å². The third-order valence-corrected chi connectivity index (χ3v) is 4.10. The molecule has 6 heteroatoms. The van der Waals surface area contributed by atoms with Gasteiger partial charge in [-0.05, 0) is 42.8 Å². The normalized spacial score (nSPS) is 10.6. The fourth-order valence-electron chi connectivity index (χ4n) is 2.46. The highest BCUT2D eigenvalue weighted by molar-refractivity contribution is 6.30. The molecule has 0 saturated heterocycles. The minimum absolute atomic E-state index is 0.197. The number of nitrogens with zero attached hydrogens (tertiary/aromatic N) is 2. The van der Waals surface area contributed by atoms with Crippen LogP contribution in [-0.4, -0.2) is 22.3 Å². The molecule has 1 N–H and O–H groups in total. The van der Waals surface area contributed by atoms with Gasteiger partial charge in [0.15, 0.2) is 0 Å². The molecular weight excluding hydrogens is 350 g/mol. The first-order chi connectivity index (χ1) is 12.6. The zero-order chi connectivity index (χ0) is 18.5. The van der Waals surface area contributed by atoms with E-state index >= 15 is 0 Å². The number of benzene rings is 2. The summed E-state index contributed by atoms with van der Waals surface area (Å²) in [6, 6.07) is 16.3. The van der Waals surface area contributed by atoms with Crippen molar-refractivity contribution in [3.63, 3.8) is 0 Å². The number of aryl methyl sites for hydroxylation is 1. The van der Waals surface area contributed by atoms with E-state index in [1.807, 2.05) is 37.3 Å². The molecule has 134 valence electrons. The summed E-state index contributed by atoms with van der Waals surface area (Å²) < 4.78 is 7.17. The van der Waals surface area contributed by atoms with Crippen LogP contribution in [0.3, 0.4) is 0 Å². The number of nitrogens with one attached hydrogen (secondary N) is 1. The van der Waals surface area contributed by atoms with Crippen LogP contribution in [0.5, 0.6) is 5.75 Å². The Morgan fingerprint density at radius 2 is 1.85 bits per heavy atom. The van der Waals surface area contributed by atoms with Gasteiger partial charge in [-0.1, -0.05) is 30.7 Å². The largest absolute Gasteiger partial charge is 0.494 e. The summed E-state index contributed by atoms with van der Waals surface area (Å²) in [5.74, 6) is 1.18. The SMILES string of the molecule is CCCOc1ccc(C(=O)Nc2cc(-c3ccc(Cl)cc3)nn2C)cc1. The van der Waals surface area contributed by atoms with Gasteiger partial charge < -0.3 is 10.1 Å². The van der Waals surface area contributed by atoms with Gasteiger partial charge in [0.1, 0.15) is 11.6 Å². The molecule has 0 radical (unpaired) electrons. The highest BCUT2D eigenvalue weighted by Crippen LogP contribution is 2.23. The predicted octanol–water partition coefficient (Wildman–Crippen LogP) is 4.78. The number of hydrogen-bond acceptors (Lipinski definition) is 3. The number of amides is 1. The van der Waals surface area contributed by atoms with Gasteiger partial charge >= 0.3 is 0 Å². The number of carbonyl (C=O) groups is 1. The van der Waals surface area contributed by atoms with Crippen LogP contribution in [0.4, 0.5) is 5.82 Å². The third kappa shape index (κ3) is 4.24. The lowest BCUT2D eigenvalue weighted by atomic mass is 10.1. The van der Waals surface area contributed by atoms with Crippen LogP contribution in [0, 0.1) is 0 Å². The fraction of sp³-hybridized carbons (Fsp3) is 0.200. The molecule has 0 unspecified atom stereocenters. The molecule has 5 nitrogen and oxygen atoms in total. The van der Waals surface area contributed by atoms with Gasteiger partial charge in [0.05, 0.1) is 12.3 Å². The molecule has 0 aliphatic rings. The molecular formula is C20H20ClN3O2. The summed E-state index contributed by atoms with van der Waals surface area (Å²) in [7, 11) is 1.79. The molecule has 0 saturated carbocycles. The molecule has 1 heterocycles. The van der Waals surface area contributed by atoms with Crippen molar-refractivity contribution in [2.45, 2.75) is 13.3 Å². The van der Waals surface area contributed by atoms with Crippen molar-refractivity contribution in [2.24, 2.45) is 7.05 Å².